The van der Waals surface area contributed by atoms with Crippen molar-refractivity contribution in [3.05, 3.63) is 0 Å². The quantitative estimate of drug-likeness (QED) is 0.0916. The molecule has 1 saturated heterocycles. The number of aliphatic carboxylic acids is 1. The minimum Gasteiger partial charge on any atom is -0.479 e. The Morgan fingerprint density at radius 2 is 1.52 bits per heavy atom. The third kappa shape index (κ3) is 11.0. The summed E-state index contributed by atoms with van der Waals surface area (Å²) in [6.07, 6.45) is -15.8. The van der Waals surface area contributed by atoms with E-state index >= 15 is 0 Å². The second-order valence-corrected chi connectivity index (χ2v) is 8.55. The van der Waals surface area contributed by atoms with E-state index < -0.39 is 88.3 Å². The van der Waals surface area contributed by atoms with Crippen molar-refractivity contribution in [3.8, 4) is 0 Å². The lowest BCUT2D eigenvalue weighted by Gasteiger charge is -2.39. The molecule has 0 aliphatic carbocycles. The molecule has 0 spiro atoms. The Labute approximate surface area is 185 Å². The van der Waals surface area contributed by atoms with Crippen LogP contribution in [0.4, 0.5) is 0 Å². The summed E-state index contributed by atoms with van der Waals surface area (Å²) >= 11 is 0. The Kier molecular flexibility index (Phi) is 12.3. The molecule has 9 atom stereocenters. The molecular weight excluding hydrogens is 510 g/mol. The Morgan fingerprint density at radius 1 is 1.00 bits per heavy atom. The Balaban J connectivity index is 0.000000684. The average Bonchev–Trinajstić information content (AvgIpc) is 2.69. The summed E-state index contributed by atoms with van der Waals surface area (Å²) in [5, 5.41) is 71.7. The van der Waals surface area contributed by atoms with Gasteiger partial charge in [0.2, 0.25) is 0 Å². The van der Waals surface area contributed by atoms with Gasteiger partial charge in [-0.3, -0.25) is 9.11 Å². The van der Waals surface area contributed by atoms with Gasteiger partial charge >= 0.3 is 26.7 Å². The SMILES string of the molecule is O=CC(O)C(O)C(O)C(O)C(=O)O.O=S(=O)(O)N[C@H]1C(O)O[C@H](COS(=O)(=O)O)[C@@H](O)[C@@H]1O. The summed E-state index contributed by atoms with van der Waals surface area (Å²) in [7, 11) is -9.62. The molecule has 0 aromatic rings. The second kappa shape index (κ2) is 12.9. The number of nitrogens with one attached hydrogen (secondary N) is 1. The molecule has 19 nitrogen and oxygen atoms in total. The van der Waals surface area contributed by atoms with E-state index in [9.17, 15) is 41.7 Å². The minimum absolute atomic E-state index is 0.0809. The van der Waals surface area contributed by atoms with E-state index in [0.717, 1.165) is 0 Å². The highest BCUT2D eigenvalue weighted by molar-refractivity contribution is 7.83. The van der Waals surface area contributed by atoms with Gasteiger partial charge in [0.05, 0.1) is 6.61 Å². The van der Waals surface area contributed by atoms with Gasteiger partial charge in [0.25, 0.3) is 0 Å². The number of carboxylic acids is 1. The van der Waals surface area contributed by atoms with Crippen LogP contribution >= 0.6 is 0 Å². The predicted molar refractivity (Wildman–Crippen MR) is 96.6 cm³/mol. The number of aldehydes is 1. The smallest absolute Gasteiger partial charge is 0.397 e. The molecule has 0 aromatic carbocycles. The first-order chi connectivity index (χ1) is 14.8. The summed E-state index contributed by atoms with van der Waals surface area (Å²) in [6, 6.07) is -1.79. The second-order valence-electron chi connectivity index (χ2n) is 6.27. The molecule has 1 fully saturated rings. The maximum atomic E-state index is 10.6. The molecular formula is C12H23NO18S2. The van der Waals surface area contributed by atoms with Crippen LogP contribution in [0.3, 0.4) is 0 Å². The molecule has 1 rings (SSSR count). The number of ether oxygens (including phenoxy) is 1. The van der Waals surface area contributed by atoms with Gasteiger partial charge in [-0.05, 0) is 0 Å². The highest BCUT2D eigenvalue weighted by atomic mass is 32.3. The zero-order valence-electron chi connectivity index (χ0n) is 16.0. The molecule has 33 heavy (non-hydrogen) atoms. The number of hydrogen-bond donors (Lipinski definition) is 11. The van der Waals surface area contributed by atoms with E-state index in [1.165, 1.54) is 4.72 Å². The van der Waals surface area contributed by atoms with Gasteiger partial charge in [-0.2, -0.15) is 21.6 Å². The highest BCUT2D eigenvalue weighted by Crippen LogP contribution is 2.21. The summed E-state index contributed by atoms with van der Waals surface area (Å²) in [4.78, 5) is 20.0. The molecule has 21 heteroatoms. The summed E-state index contributed by atoms with van der Waals surface area (Å²) in [6.45, 7) is -0.938. The van der Waals surface area contributed by atoms with E-state index in [1.807, 2.05) is 0 Å². The maximum absolute atomic E-state index is 10.6. The van der Waals surface area contributed by atoms with E-state index in [4.69, 9.17) is 34.6 Å². The zero-order valence-corrected chi connectivity index (χ0v) is 17.7. The molecule has 0 saturated carbocycles. The molecule has 196 valence electrons. The molecule has 0 aromatic heterocycles. The van der Waals surface area contributed by atoms with Crippen LogP contribution in [0.25, 0.3) is 0 Å². The molecule has 1 aliphatic rings. The zero-order chi connectivity index (χ0) is 26.3. The largest absolute Gasteiger partial charge is 0.479 e. The van der Waals surface area contributed by atoms with Gasteiger partial charge in [-0.25, -0.2) is 8.98 Å². The molecule has 1 aliphatic heterocycles. The minimum atomic E-state index is -4.83. The third-order valence-electron chi connectivity index (χ3n) is 3.80. The lowest BCUT2D eigenvalue weighted by atomic mass is 9.98. The van der Waals surface area contributed by atoms with Crippen LogP contribution in [0.5, 0.6) is 0 Å². The van der Waals surface area contributed by atoms with Crippen LogP contribution in [0.15, 0.2) is 0 Å². The fraction of sp³-hybridized carbons (Fsp3) is 0.833. The third-order valence-corrected chi connectivity index (χ3v) is 4.81. The number of aliphatic hydroxyl groups excluding tert-OH is 7. The van der Waals surface area contributed by atoms with Crippen LogP contribution in [0, 0.1) is 0 Å². The van der Waals surface area contributed by atoms with Crippen molar-refractivity contribution in [2.75, 3.05) is 6.61 Å². The predicted octanol–water partition coefficient (Wildman–Crippen LogP) is -7.28. The standard InChI is InChI=1S/C6H13NO11S2.C6H10O7/c8-4-2(1-17-20(14,15)16)18-6(10)3(5(4)9)7-19(11,12)13;7-1-2(8)3(9)4(10)5(11)6(12)13/h2-10H,1H2,(H,11,12,13)(H,14,15,16);1-5,8-11H,(H,12,13)/t2-,3-,4-,5-,6?;/m1./s1. The van der Waals surface area contributed by atoms with Crippen LogP contribution in [0.2, 0.25) is 0 Å². The highest BCUT2D eigenvalue weighted by Gasteiger charge is 2.45. The summed E-state index contributed by atoms with van der Waals surface area (Å²) in [5.74, 6) is -1.76. The Morgan fingerprint density at radius 3 is 1.91 bits per heavy atom. The molecule has 0 bridgehead atoms. The van der Waals surface area contributed by atoms with Crippen molar-refractivity contribution in [2.24, 2.45) is 0 Å². The number of rotatable bonds is 10. The van der Waals surface area contributed by atoms with Crippen molar-refractivity contribution < 1.29 is 85.3 Å². The maximum Gasteiger partial charge on any atom is 0.397 e. The van der Waals surface area contributed by atoms with Gasteiger partial charge in [0, 0.05) is 0 Å². The topological polar surface area (TPSA) is 335 Å². The van der Waals surface area contributed by atoms with E-state index in [1.54, 1.807) is 0 Å². The number of aliphatic hydroxyl groups is 7. The summed E-state index contributed by atoms with van der Waals surface area (Å²) < 4.78 is 68.7. The Bertz CT molecular complexity index is 844. The van der Waals surface area contributed by atoms with Gasteiger partial charge in [-0.1, -0.05) is 0 Å². The molecule has 11 N–H and O–H groups in total. The lowest BCUT2D eigenvalue weighted by Crippen LogP contribution is -2.64. The lowest BCUT2D eigenvalue weighted by molar-refractivity contribution is -0.250. The number of carbonyl (C=O) groups is 2. The average molecular weight is 533 g/mol. The first-order valence-corrected chi connectivity index (χ1v) is 11.1. The van der Waals surface area contributed by atoms with Gasteiger partial charge in [-0.15, -0.1) is 0 Å². The van der Waals surface area contributed by atoms with Gasteiger partial charge in [0.15, 0.2) is 18.7 Å². The molecule has 0 amide bonds. The molecule has 1 heterocycles. The monoisotopic (exact) mass is 533 g/mol. The fourth-order valence-corrected chi connectivity index (χ4v) is 3.06. The fourth-order valence-electron chi connectivity index (χ4n) is 2.15. The Hall–Kier alpha value is -1.44. The first-order valence-electron chi connectivity index (χ1n) is 8.29. The van der Waals surface area contributed by atoms with Crippen molar-refractivity contribution in [3.63, 3.8) is 0 Å². The van der Waals surface area contributed by atoms with Crippen LogP contribution in [-0.4, -0.2) is 141 Å². The number of hydrogen-bond acceptors (Lipinski definition) is 15. The molecule has 5 unspecified atom stereocenters. The number of carbonyl (C=O) groups excluding carboxylic acids is 1. The van der Waals surface area contributed by atoms with Crippen molar-refractivity contribution in [1.82, 2.24) is 4.72 Å². The van der Waals surface area contributed by atoms with E-state index in [0.29, 0.717) is 0 Å². The van der Waals surface area contributed by atoms with Crippen molar-refractivity contribution in [1.29, 1.82) is 0 Å². The van der Waals surface area contributed by atoms with Crippen molar-refractivity contribution in [2.45, 2.75) is 55.1 Å². The van der Waals surface area contributed by atoms with Crippen LogP contribution in [0.1, 0.15) is 0 Å². The van der Waals surface area contributed by atoms with Crippen molar-refractivity contribution >= 4 is 33.0 Å². The van der Waals surface area contributed by atoms with Crippen LogP contribution in [-0.2, 0) is 39.2 Å². The van der Waals surface area contributed by atoms with Gasteiger partial charge < -0.3 is 50.4 Å². The van der Waals surface area contributed by atoms with Gasteiger partial charge in [0.1, 0.15) is 42.7 Å². The first kappa shape index (κ1) is 31.6. The van der Waals surface area contributed by atoms with E-state index in [-0.39, 0.29) is 6.29 Å². The number of carboxylic acid groups (broad SMARTS) is 1. The van der Waals surface area contributed by atoms with E-state index in [2.05, 4.69) is 8.92 Å². The molecule has 0 radical (unpaired) electrons. The van der Waals surface area contributed by atoms with Crippen LogP contribution < -0.4 is 4.72 Å². The summed E-state index contributed by atoms with van der Waals surface area (Å²) in [5.41, 5.74) is 0. The normalized spacial score (nSPS) is 29.7.